The smallest absolute Gasteiger partial charge is 0.416 e. The van der Waals surface area contributed by atoms with E-state index in [1.807, 2.05) is 41.8 Å². The molecule has 35 heavy (non-hydrogen) atoms. The summed E-state index contributed by atoms with van der Waals surface area (Å²) in [5.41, 5.74) is 2.10. The molecule has 1 heterocycles. The zero-order chi connectivity index (χ0) is 25.2. The standard InChI is InChI=1S/C27H24F4N2O2/c1-3-35-23-9-4-17(5-10-23)16-32-26(34)19-7-11-25-20(12-19)14-22(33(25)2)13-18-6-8-21(15-24(18)28)27(29,30)31/h4-12,14-15H,3,13,16H2,1-2H3,(H,32,34). The molecule has 0 aliphatic rings. The summed E-state index contributed by atoms with van der Waals surface area (Å²) < 4.78 is 60.1. The summed E-state index contributed by atoms with van der Waals surface area (Å²) in [6.45, 7) is 2.85. The zero-order valence-electron chi connectivity index (χ0n) is 19.2. The maximum absolute atomic E-state index is 14.3. The van der Waals surface area contributed by atoms with E-state index in [-0.39, 0.29) is 17.9 Å². The van der Waals surface area contributed by atoms with E-state index in [4.69, 9.17) is 4.74 Å². The second-order valence-electron chi connectivity index (χ2n) is 8.21. The monoisotopic (exact) mass is 484 g/mol. The molecule has 1 amide bonds. The number of nitrogens with zero attached hydrogens (tertiary/aromatic N) is 1. The Morgan fingerprint density at radius 1 is 1.00 bits per heavy atom. The van der Waals surface area contributed by atoms with Crippen molar-refractivity contribution in [2.75, 3.05) is 6.61 Å². The molecule has 0 spiro atoms. The first-order chi connectivity index (χ1) is 16.7. The highest BCUT2D eigenvalue weighted by molar-refractivity contribution is 5.98. The first-order valence-electron chi connectivity index (χ1n) is 11.1. The van der Waals surface area contributed by atoms with Crippen molar-refractivity contribution in [1.82, 2.24) is 9.88 Å². The highest BCUT2D eigenvalue weighted by Crippen LogP contribution is 2.31. The van der Waals surface area contributed by atoms with Crippen LogP contribution < -0.4 is 10.1 Å². The SMILES string of the molecule is CCOc1ccc(CNC(=O)c2ccc3c(c2)cc(Cc2ccc(C(F)(F)F)cc2F)n3C)cc1. The van der Waals surface area contributed by atoms with Crippen molar-refractivity contribution in [1.29, 1.82) is 0 Å². The number of benzene rings is 3. The van der Waals surface area contributed by atoms with Crippen molar-refractivity contribution in [2.45, 2.75) is 26.1 Å². The van der Waals surface area contributed by atoms with Crippen LogP contribution in [0.15, 0.2) is 66.7 Å². The molecule has 182 valence electrons. The van der Waals surface area contributed by atoms with E-state index in [9.17, 15) is 22.4 Å². The summed E-state index contributed by atoms with van der Waals surface area (Å²) in [6.07, 6.45) is -4.47. The first kappa shape index (κ1) is 24.3. The quantitative estimate of drug-likeness (QED) is 0.315. The van der Waals surface area contributed by atoms with Crippen LogP contribution in [0.4, 0.5) is 17.6 Å². The summed E-state index contributed by atoms with van der Waals surface area (Å²) in [7, 11) is 1.80. The summed E-state index contributed by atoms with van der Waals surface area (Å²) in [5, 5.41) is 3.67. The fourth-order valence-corrected chi connectivity index (χ4v) is 3.93. The van der Waals surface area contributed by atoms with Crippen LogP contribution in [0.25, 0.3) is 10.9 Å². The molecule has 0 radical (unpaired) electrons. The first-order valence-corrected chi connectivity index (χ1v) is 11.1. The molecule has 0 aliphatic heterocycles. The summed E-state index contributed by atoms with van der Waals surface area (Å²) in [6, 6.07) is 17.1. The maximum atomic E-state index is 14.3. The molecule has 4 aromatic rings. The minimum absolute atomic E-state index is 0.119. The number of hydrogen-bond acceptors (Lipinski definition) is 2. The molecule has 0 unspecified atom stereocenters. The van der Waals surface area contributed by atoms with Gasteiger partial charge in [0.1, 0.15) is 11.6 Å². The minimum atomic E-state index is -4.59. The largest absolute Gasteiger partial charge is 0.494 e. The van der Waals surface area contributed by atoms with Crippen LogP contribution in [-0.2, 0) is 26.2 Å². The highest BCUT2D eigenvalue weighted by atomic mass is 19.4. The lowest BCUT2D eigenvalue weighted by molar-refractivity contribution is -0.137. The van der Waals surface area contributed by atoms with E-state index >= 15 is 0 Å². The van der Waals surface area contributed by atoms with Gasteiger partial charge in [-0.1, -0.05) is 18.2 Å². The molecule has 1 N–H and O–H groups in total. The number of carbonyl (C=O) groups excluding carboxylic acids is 1. The molecule has 0 bridgehead atoms. The van der Waals surface area contributed by atoms with E-state index in [1.165, 1.54) is 0 Å². The molecule has 0 saturated carbocycles. The molecule has 0 aliphatic carbocycles. The molecule has 0 atom stereocenters. The number of fused-ring (bicyclic) bond motifs is 1. The number of carbonyl (C=O) groups is 1. The summed E-state index contributed by atoms with van der Waals surface area (Å²) in [5.74, 6) is -0.372. The second-order valence-corrected chi connectivity index (χ2v) is 8.21. The average Bonchev–Trinajstić information content (AvgIpc) is 3.13. The number of amides is 1. The van der Waals surface area contributed by atoms with E-state index in [1.54, 1.807) is 25.2 Å². The van der Waals surface area contributed by atoms with Gasteiger partial charge in [-0.05, 0) is 66.6 Å². The summed E-state index contributed by atoms with van der Waals surface area (Å²) >= 11 is 0. The van der Waals surface area contributed by atoms with E-state index in [0.717, 1.165) is 34.3 Å². The summed E-state index contributed by atoms with van der Waals surface area (Å²) in [4.78, 5) is 12.7. The lowest BCUT2D eigenvalue weighted by atomic mass is 10.1. The van der Waals surface area contributed by atoms with Crippen molar-refractivity contribution in [3.8, 4) is 5.75 Å². The number of rotatable bonds is 7. The fourth-order valence-electron chi connectivity index (χ4n) is 3.93. The maximum Gasteiger partial charge on any atom is 0.416 e. The van der Waals surface area contributed by atoms with Gasteiger partial charge in [-0.15, -0.1) is 0 Å². The number of ether oxygens (including phenoxy) is 1. The number of halogens is 4. The Balaban J connectivity index is 1.48. The van der Waals surface area contributed by atoms with Crippen molar-refractivity contribution in [3.63, 3.8) is 0 Å². The number of nitrogens with one attached hydrogen (secondary N) is 1. The van der Waals surface area contributed by atoms with Gasteiger partial charge < -0.3 is 14.6 Å². The molecule has 4 nitrogen and oxygen atoms in total. The van der Waals surface area contributed by atoms with Gasteiger partial charge in [0.05, 0.1) is 12.2 Å². The molecular formula is C27H24F4N2O2. The van der Waals surface area contributed by atoms with E-state index < -0.39 is 17.6 Å². The Morgan fingerprint density at radius 2 is 1.74 bits per heavy atom. The van der Waals surface area contributed by atoms with Crippen LogP contribution in [-0.4, -0.2) is 17.1 Å². The predicted octanol–water partition coefficient (Wildman–Crippen LogP) is 6.26. The topological polar surface area (TPSA) is 43.3 Å². The molecule has 3 aromatic carbocycles. The number of aromatic nitrogens is 1. The number of aryl methyl sites for hydroxylation is 1. The minimum Gasteiger partial charge on any atom is -0.494 e. The van der Waals surface area contributed by atoms with Gasteiger partial charge in [-0.25, -0.2) is 4.39 Å². The average molecular weight is 484 g/mol. The Labute approximate surface area is 200 Å². The van der Waals surface area contributed by atoms with Gasteiger partial charge in [-0.3, -0.25) is 4.79 Å². The number of alkyl halides is 3. The van der Waals surface area contributed by atoms with Gasteiger partial charge >= 0.3 is 6.18 Å². The molecule has 4 rings (SSSR count). The molecule has 1 aromatic heterocycles. The third-order valence-electron chi connectivity index (χ3n) is 5.84. The second kappa shape index (κ2) is 9.82. The number of hydrogen-bond donors (Lipinski definition) is 1. The van der Waals surface area contributed by atoms with E-state index in [2.05, 4.69) is 5.32 Å². The molecule has 0 fully saturated rings. The van der Waals surface area contributed by atoms with Crippen LogP contribution in [0.2, 0.25) is 0 Å². The highest BCUT2D eigenvalue weighted by Gasteiger charge is 2.31. The van der Waals surface area contributed by atoms with Gasteiger partial charge in [-0.2, -0.15) is 13.2 Å². The zero-order valence-corrected chi connectivity index (χ0v) is 19.2. The van der Waals surface area contributed by atoms with Crippen molar-refractivity contribution in [2.24, 2.45) is 7.05 Å². The van der Waals surface area contributed by atoms with Crippen LogP contribution in [0.3, 0.4) is 0 Å². The third-order valence-corrected chi connectivity index (χ3v) is 5.84. The Hall–Kier alpha value is -3.81. The van der Waals surface area contributed by atoms with E-state index in [0.29, 0.717) is 30.5 Å². The lowest BCUT2D eigenvalue weighted by Gasteiger charge is -2.10. The molecule has 0 saturated heterocycles. The molecular weight excluding hydrogens is 460 g/mol. The Bertz CT molecular complexity index is 1360. The van der Waals surface area contributed by atoms with Crippen LogP contribution in [0.1, 0.15) is 39.7 Å². The third kappa shape index (κ3) is 5.48. The predicted molar refractivity (Wildman–Crippen MR) is 126 cm³/mol. The lowest BCUT2D eigenvalue weighted by Crippen LogP contribution is -2.22. The van der Waals surface area contributed by atoms with Crippen molar-refractivity contribution < 1.29 is 27.1 Å². The van der Waals surface area contributed by atoms with Crippen molar-refractivity contribution in [3.05, 3.63) is 100 Å². The van der Waals surface area contributed by atoms with Crippen LogP contribution in [0, 0.1) is 5.82 Å². The fraction of sp³-hybridized carbons (Fsp3) is 0.222. The molecule has 8 heteroatoms. The van der Waals surface area contributed by atoms with Crippen molar-refractivity contribution >= 4 is 16.8 Å². The van der Waals surface area contributed by atoms with Gasteiger partial charge in [0.2, 0.25) is 0 Å². The van der Waals surface area contributed by atoms with Gasteiger partial charge in [0.15, 0.2) is 0 Å². The van der Waals surface area contributed by atoms with Gasteiger partial charge in [0, 0.05) is 42.2 Å². The Kier molecular flexibility index (Phi) is 6.82. The Morgan fingerprint density at radius 3 is 2.40 bits per heavy atom. The van der Waals surface area contributed by atoms with Crippen LogP contribution >= 0.6 is 0 Å². The van der Waals surface area contributed by atoms with Gasteiger partial charge in [0.25, 0.3) is 5.91 Å². The van der Waals surface area contributed by atoms with Crippen LogP contribution in [0.5, 0.6) is 5.75 Å². The normalized spacial score (nSPS) is 11.6.